The Hall–Kier alpha value is -1.94. The number of rotatable bonds is 16. The molecule has 0 saturated heterocycles. The van der Waals surface area contributed by atoms with Crippen molar-refractivity contribution in [2.24, 2.45) is 0 Å². The average molecular weight is 1350 g/mol. The third kappa shape index (κ3) is 554. The van der Waals surface area contributed by atoms with Gasteiger partial charge in [-0.25, -0.2) is 0 Å². The van der Waals surface area contributed by atoms with Crippen LogP contribution in [0.2, 0.25) is 0 Å². The summed E-state index contributed by atoms with van der Waals surface area (Å²) < 4.78 is 0. The van der Waals surface area contributed by atoms with Gasteiger partial charge in [-0.15, -0.1) is 105 Å². The third-order valence-electron chi connectivity index (χ3n) is 5.14. The summed E-state index contributed by atoms with van der Waals surface area (Å²) in [7, 11) is 0. The molecule has 16 nitrogen and oxygen atoms in total. The van der Waals surface area contributed by atoms with Crippen LogP contribution in [0.25, 0.3) is 0 Å². The Morgan fingerprint density at radius 1 is 0.238 bits per heavy atom. The van der Waals surface area contributed by atoms with E-state index < -0.39 is 33.6 Å². The largest absolute Gasteiger partial charge is 0.392 e. The van der Waals surface area contributed by atoms with Crippen molar-refractivity contribution in [3.05, 3.63) is 202 Å². The van der Waals surface area contributed by atoms with E-state index in [-0.39, 0.29) is 151 Å². The minimum absolute atomic E-state index is 0. The fourth-order valence-corrected chi connectivity index (χ4v) is 0. The topological polar surface area (TPSA) is 324 Å². The van der Waals surface area contributed by atoms with Crippen molar-refractivity contribution in [1.29, 1.82) is 0 Å². The maximum atomic E-state index is 8.71. The van der Waals surface area contributed by atoms with Crippen LogP contribution in [0.15, 0.2) is 202 Å². The summed E-state index contributed by atoms with van der Waals surface area (Å²) in [6, 6.07) is 0. The summed E-state index contributed by atoms with van der Waals surface area (Å²) in [6.45, 7) is 80.2. The molecular formula is C64H128O16Ti4. The SMILES string of the molecule is C=CC(C)(C)O.C=CC(C)(C)O.C=CC(C)(C)O.C=CC(C)(C)O.C=CC(C)(C)O.C=CC(C)(C)O.C=CC(C)O.C=CC(C)O.C=CC(C)O.C=CC(C)O.C=CCO.C=CCO.C=CCO.C=CCO.C=CCO.C=CCO.[Ti].[Ti].[Ti].[Ti]. The van der Waals surface area contributed by atoms with Gasteiger partial charge in [0.25, 0.3) is 0 Å². The van der Waals surface area contributed by atoms with E-state index >= 15 is 0 Å². The molecule has 0 aromatic carbocycles. The van der Waals surface area contributed by atoms with Gasteiger partial charge in [-0.2, -0.15) is 0 Å². The van der Waals surface area contributed by atoms with Crippen LogP contribution >= 0.6 is 0 Å². The first-order valence-corrected chi connectivity index (χ1v) is 24.6. The minimum Gasteiger partial charge on any atom is -0.392 e. The molecule has 0 heterocycles. The summed E-state index contributed by atoms with van der Waals surface area (Å²) in [5, 5.41) is 132. The van der Waals surface area contributed by atoms with Crippen LogP contribution in [0.4, 0.5) is 0 Å². The summed E-state index contributed by atoms with van der Waals surface area (Å²) in [4.78, 5) is 0. The number of aliphatic hydroxyl groups is 16. The van der Waals surface area contributed by atoms with Crippen molar-refractivity contribution in [1.82, 2.24) is 0 Å². The van der Waals surface area contributed by atoms with E-state index in [2.05, 4.69) is 105 Å². The number of hydrogen-bond donors (Lipinski definition) is 16. The second kappa shape index (κ2) is 112. The second-order valence-electron chi connectivity index (χ2n) is 17.9. The van der Waals surface area contributed by atoms with Gasteiger partial charge in [-0.05, 0) is 111 Å². The van der Waals surface area contributed by atoms with E-state index in [0.717, 1.165) is 0 Å². The standard InChI is InChI=1S/6C5H10O.4C4H8O.6C3H6O.4Ti/c6*1-4-5(2,3)6;4*1-3-4(2)5;6*1-2-3-4;;;;/h6*4,6H,1H2,2-3H3;4*3-5H,1H2,2H3;6*2,4H,1,3H2;;;;. The van der Waals surface area contributed by atoms with Crippen molar-refractivity contribution in [2.75, 3.05) is 39.6 Å². The molecule has 4 unspecified atom stereocenters. The molecule has 0 radical (unpaired) electrons. The van der Waals surface area contributed by atoms with E-state index in [1.165, 1.54) is 97.2 Å². The Kier molecular flexibility index (Phi) is 187. The molecule has 496 valence electrons. The smallest absolute Gasteiger partial charge is 0.0769 e. The van der Waals surface area contributed by atoms with Crippen LogP contribution in [0.1, 0.15) is 111 Å². The molecule has 0 aromatic heterocycles. The Bertz CT molecular complexity index is 1100. The maximum absolute atomic E-state index is 8.71. The fraction of sp³-hybridized carbons (Fsp3) is 0.500. The molecule has 16 N–H and O–H groups in total. The first-order chi connectivity index (χ1) is 35.9. The van der Waals surface area contributed by atoms with Gasteiger partial charge < -0.3 is 81.7 Å². The Morgan fingerprint density at radius 3 is 0.274 bits per heavy atom. The third-order valence-corrected chi connectivity index (χ3v) is 5.14. The van der Waals surface area contributed by atoms with E-state index in [0.29, 0.717) is 0 Å². The fourth-order valence-electron chi connectivity index (χ4n) is 0. The van der Waals surface area contributed by atoms with Crippen LogP contribution in [0.5, 0.6) is 0 Å². The van der Waals surface area contributed by atoms with Gasteiger partial charge in [0.1, 0.15) is 0 Å². The van der Waals surface area contributed by atoms with E-state index in [1.54, 1.807) is 111 Å². The quantitative estimate of drug-likeness (QED) is 0.0507. The Balaban J connectivity index is -0.0000000289. The van der Waals surface area contributed by atoms with Gasteiger partial charge in [-0.1, -0.05) is 97.2 Å². The average Bonchev–Trinajstić information content (AvgIpc) is 3.39. The normalized spacial score (nSPS) is 9.90. The van der Waals surface area contributed by atoms with Gasteiger partial charge in [-0.3, -0.25) is 0 Å². The summed E-state index contributed by atoms with van der Waals surface area (Å²) in [5.41, 5.74) is -4.17. The van der Waals surface area contributed by atoms with Crippen molar-refractivity contribution in [3.63, 3.8) is 0 Å². The van der Waals surface area contributed by atoms with Crippen molar-refractivity contribution >= 4 is 0 Å². The van der Waals surface area contributed by atoms with E-state index in [9.17, 15) is 0 Å². The molecule has 0 aliphatic carbocycles. The van der Waals surface area contributed by atoms with Crippen molar-refractivity contribution in [2.45, 2.75) is 169 Å². The monoisotopic (exact) mass is 1340 g/mol. The molecular weight excluding hydrogens is 1220 g/mol. The van der Waals surface area contributed by atoms with Crippen LogP contribution in [0, 0.1) is 0 Å². The summed E-state index contributed by atoms with van der Waals surface area (Å²) >= 11 is 0. The molecule has 0 aliphatic rings. The molecule has 0 aliphatic heterocycles. The maximum Gasteiger partial charge on any atom is 0.0769 e. The molecule has 4 atom stereocenters. The molecule has 0 amide bonds. The van der Waals surface area contributed by atoms with Crippen LogP contribution in [0.3, 0.4) is 0 Å². The predicted molar refractivity (Wildman–Crippen MR) is 350 cm³/mol. The number of aliphatic hydroxyl groups excluding tert-OH is 10. The minimum atomic E-state index is -0.694. The molecule has 0 fully saturated rings. The Labute approximate surface area is 575 Å². The van der Waals surface area contributed by atoms with Gasteiger partial charge in [0.2, 0.25) is 0 Å². The Morgan fingerprint density at radius 2 is 0.274 bits per heavy atom. The van der Waals surface area contributed by atoms with Crippen LogP contribution in [-0.2, 0) is 86.9 Å². The van der Waals surface area contributed by atoms with Crippen molar-refractivity contribution < 1.29 is 169 Å². The van der Waals surface area contributed by atoms with Crippen LogP contribution < -0.4 is 0 Å². The van der Waals surface area contributed by atoms with E-state index in [4.69, 9.17) is 81.7 Å². The van der Waals surface area contributed by atoms with Gasteiger partial charge in [0, 0.05) is 86.9 Å². The molecule has 0 bridgehead atoms. The molecule has 0 rings (SSSR count). The zero-order chi connectivity index (χ0) is 68.9. The van der Waals surface area contributed by atoms with Gasteiger partial charge >= 0.3 is 0 Å². The first kappa shape index (κ1) is 140. The van der Waals surface area contributed by atoms with E-state index in [1.807, 2.05) is 0 Å². The molecule has 84 heavy (non-hydrogen) atoms. The van der Waals surface area contributed by atoms with Crippen LogP contribution in [-0.4, -0.2) is 179 Å². The first-order valence-electron chi connectivity index (χ1n) is 24.6. The molecule has 0 aromatic rings. The zero-order valence-electron chi connectivity index (χ0n) is 55.3. The van der Waals surface area contributed by atoms with Gasteiger partial charge in [0.05, 0.1) is 97.7 Å². The summed E-state index contributed by atoms with van der Waals surface area (Å²) in [5.74, 6) is 0. The van der Waals surface area contributed by atoms with Crippen molar-refractivity contribution in [3.8, 4) is 0 Å². The molecule has 0 spiro atoms. The predicted octanol–water partition coefficient (Wildman–Crippen LogP) is 8.85. The molecule has 20 heteroatoms. The zero-order valence-corrected chi connectivity index (χ0v) is 61.5. The summed E-state index contributed by atoms with van der Waals surface area (Å²) in [6.07, 6.45) is 22.0. The number of hydrogen-bond acceptors (Lipinski definition) is 16. The molecule has 0 saturated carbocycles. The second-order valence-corrected chi connectivity index (χ2v) is 17.9. The van der Waals surface area contributed by atoms with Gasteiger partial charge in [0.15, 0.2) is 0 Å².